The van der Waals surface area contributed by atoms with E-state index in [1.165, 1.54) is 4.90 Å². The zero-order valence-corrected chi connectivity index (χ0v) is 24.2. The van der Waals surface area contributed by atoms with Gasteiger partial charge in [0.25, 0.3) is 5.91 Å². The summed E-state index contributed by atoms with van der Waals surface area (Å²) in [7, 11) is 0. The molecule has 3 aromatic carbocycles. The van der Waals surface area contributed by atoms with Gasteiger partial charge >= 0.3 is 6.09 Å². The Morgan fingerprint density at radius 1 is 0.976 bits per heavy atom. The summed E-state index contributed by atoms with van der Waals surface area (Å²) in [5.41, 5.74) is 5.29. The molecule has 214 valence electrons. The van der Waals surface area contributed by atoms with E-state index in [1.54, 1.807) is 24.9 Å². The molecule has 1 aliphatic rings. The minimum Gasteiger partial charge on any atom is -0.465 e. The van der Waals surface area contributed by atoms with Crippen LogP contribution in [0.4, 0.5) is 4.79 Å². The lowest BCUT2D eigenvalue weighted by molar-refractivity contribution is -0.138. The molecule has 3 heterocycles. The molecular weight excluding hydrogens is 550 g/mol. The molecule has 6 rings (SSSR count). The van der Waals surface area contributed by atoms with Crippen LogP contribution in [0.1, 0.15) is 50.2 Å². The Kier molecular flexibility index (Phi) is 7.47. The fourth-order valence-corrected chi connectivity index (χ4v) is 6.26. The molecule has 42 heavy (non-hydrogen) atoms. The molecule has 0 saturated carbocycles. The Morgan fingerprint density at radius 3 is 2.36 bits per heavy atom. The van der Waals surface area contributed by atoms with Gasteiger partial charge in [-0.15, -0.1) is 0 Å². The standard InChI is InChI=1S/C33H32ClN5O3/c1-20(2)39(33(41)42)30(23-9-4-3-5-10-23)32(40)38-18-8-13-27(38)31-35-19-26(37-31)21-14-16-22(17-15-21)29-28(34)24-11-6-7-12-25(24)36-29/h3-7,9-12,14-17,19-20,27,30,36H,8,13,18H2,1-2H3,(H,35,37)(H,41,42)/t27-,30+/m0/s1. The number of H-pyrrole nitrogens is 2. The first kappa shape index (κ1) is 27.6. The van der Waals surface area contributed by atoms with Crippen LogP contribution < -0.4 is 0 Å². The Balaban J connectivity index is 1.26. The van der Waals surface area contributed by atoms with Crippen LogP contribution in [-0.2, 0) is 4.79 Å². The number of nitrogens with one attached hydrogen (secondary N) is 2. The van der Waals surface area contributed by atoms with Crippen molar-refractivity contribution in [2.45, 2.75) is 44.8 Å². The third-order valence-electron chi connectivity index (χ3n) is 7.98. The van der Waals surface area contributed by atoms with E-state index in [2.05, 4.69) is 15.0 Å². The number of halogens is 1. The van der Waals surface area contributed by atoms with E-state index in [1.807, 2.05) is 78.9 Å². The largest absolute Gasteiger partial charge is 0.465 e. The van der Waals surface area contributed by atoms with Crippen molar-refractivity contribution in [1.29, 1.82) is 0 Å². The van der Waals surface area contributed by atoms with Crippen LogP contribution in [0.5, 0.6) is 0 Å². The number of benzene rings is 3. The Labute approximate surface area is 249 Å². The van der Waals surface area contributed by atoms with Crippen LogP contribution in [0.3, 0.4) is 0 Å². The number of hydrogen-bond acceptors (Lipinski definition) is 3. The summed E-state index contributed by atoms with van der Waals surface area (Å²) in [6.45, 7) is 4.11. The molecule has 2 atom stereocenters. The number of fused-ring (bicyclic) bond motifs is 1. The minimum atomic E-state index is -1.12. The van der Waals surface area contributed by atoms with Gasteiger partial charge in [0.1, 0.15) is 11.9 Å². The molecule has 0 radical (unpaired) electrons. The molecule has 2 amide bonds. The highest BCUT2D eigenvalue weighted by Crippen LogP contribution is 2.37. The molecule has 1 aliphatic heterocycles. The predicted molar refractivity (Wildman–Crippen MR) is 164 cm³/mol. The maximum Gasteiger partial charge on any atom is 0.408 e. The maximum atomic E-state index is 14.1. The number of rotatable bonds is 7. The first-order valence-corrected chi connectivity index (χ1v) is 14.5. The van der Waals surface area contributed by atoms with E-state index in [9.17, 15) is 14.7 Å². The first-order valence-electron chi connectivity index (χ1n) is 14.1. The molecule has 1 fully saturated rings. The first-order chi connectivity index (χ1) is 20.3. The van der Waals surface area contributed by atoms with E-state index >= 15 is 0 Å². The number of nitrogens with zero attached hydrogens (tertiary/aromatic N) is 3. The summed E-state index contributed by atoms with van der Waals surface area (Å²) in [6, 6.07) is 23.6. The Hall–Kier alpha value is -4.56. The van der Waals surface area contributed by atoms with E-state index in [0.29, 0.717) is 23.0 Å². The van der Waals surface area contributed by atoms with Crippen LogP contribution in [-0.4, -0.2) is 54.4 Å². The summed E-state index contributed by atoms with van der Waals surface area (Å²) < 4.78 is 0. The molecule has 0 bridgehead atoms. The highest BCUT2D eigenvalue weighted by atomic mass is 35.5. The highest BCUT2D eigenvalue weighted by molar-refractivity contribution is 6.38. The average molecular weight is 582 g/mol. The summed E-state index contributed by atoms with van der Waals surface area (Å²) in [5.74, 6) is 0.453. The van der Waals surface area contributed by atoms with Gasteiger partial charge in [-0.1, -0.05) is 84.4 Å². The number of amides is 2. The van der Waals surface area contributed by atoms with Gasteiger partial charge in [-0.05, 0) is 49.4 Å². The molecule has 3 N–H and O–H groups in total. The van der Waals surface area contributed by atoms with Gasteiger partial charge in [0.15, 0.2) is 0 Å². The number of carbonyl (C=O) groups excluding carboxylic acids is 1. The molecule has 2 aromatic heterocycles. The fourth-order valence-electron chi connectivity index (χ4n) is 5.93. The van der Waals surface area contributed by atoms with Crippen molar-refractivity contribution in [3.05, 3.63) is 101 Å². The van der Waals surface area contributed by atoms with Crippen molar-refractivity contribution in [1.82, 2.24) is 24.8 Å². The number of hydrogen-bond donors (Lipinski definition) is 3. The number of aromatic nitrogens is 3. The van der Waals surface area contributed by atoms with Gasteiger partial charge < -0.3 is 20.0 Å². The molecule has 0 unspecified atom stereocenters. The van der Waals surface area contributed by atoms with Crippen molar-refractivity contribution in [3.63, 3.8) is 0 Å². The highest BCUT2D eigenvalue weighted by Gasteiger charge is 2.41. The number of imidazole rings is 1. The topological polar surface area (TPSA) is 105 Å². The van der Waals surface area contributed by atoms with Crippen molar-refractivity contribution < 1.29 is 14.7 Å². The van der Waals surface area contributed by atoms with Crippen molar-refractivity contribution in [2.75, 3.05) is 6.54 Å². The van der Waals surface area contributed by atoms with Crippen LogP contribution >= 0.6 is 11.6 Å². The van der Waals surface area contributed by atoms with Crippen molar-refractivity contribution in [2.24, 2.45) is 0 Å². The molecule has 5 aromatic rings. The average Bonchev–Trinajstić information content (AvgIpc) is 3.75. The van der Waals surface area contributed by atoms with E-state index < -0.39 is 12.1 Å². The molecule has 1 saturated heterocycles. The third kappa shape index (κ3) is 5.03. The van der Waals surface area contributed by atoms with Crippen LogP contribution in [0, 0.1) is 0 Å². The zero-order valence-electron chi connectivity index (χ0n) is 23.4. The Morgan fingerprint density at radius 2 is 1.67 bits per heavy atom. The van der Waals surface area contributed by atoms with Gasteiger partial charge in [0.2, 0.25) is 0 Å². The lowest BCUT2D eigenvalue weighted by Gasteiger charge is -2.36. The van der Waals surface area contributed by atoms with Gasteiger partial charge in [0.05, 0.1) is 28.6 Å². The normalized spacial score (nSPS) is 15.8. The lowest BCUT2D eigenvalue weighted by Crippen LogP contribution is -2.47. The number of carboxylic acid groups (broad SMARTS) is 1. The number of aromatic amines is 2. The quantitative estimate of drug-likeness (QED) is 0.183. The van der Waals surface area contributed by atoms with Crippen molar-refractivity contribution >= 4 is 34.5 Å². The van der Waals surface area contributed by atoms with E-state index in [-0.39, 0.29) is 18.0 Å². The monoisotopic (exact) mass is 581 g/mol. The summed E-state index contributed by atoms with van der Waals surface area (Å²) in [6.07, 6.45) is 2.21. The maximum absolute atomic E-state index is 14.1. The van der Waals surface area contributed by atoms with Gasteiger partial charge in [-0.3, -0.25) is 9.69 Å². The van der Waals surface area contributed by atoms with E-state index in [4.69, 9.17) is 11.6 Å². The summed E-state index contributed by atoms with van der Waals surface area (Å²) in [5, 5.41) is 11.7. The molecular formula is C33H32ClN5O3. The van der Waals surface area contributed by atoms with Gasteiger partial charge in [-0.25, -0.2) is 9.78 Å². The molecule has 0 spiro atoms. The lowest BCUT2D eigenvalue weighted by atomic mass is 10.0. The second-order valence-corrected chi connectivity index (χ2v) is 11.3. The zero-order chi connectivity index (χ0) is 29.4. The SMILES string of the molecule is CC(C)N(C(=O)O)[C@@H](C(=O)N1CCC[C@H]1c1ncc(-c2ccc(-c3[nH]c4ccccc4c3Cl)cc2)[nH]1)c1ccccc1. The van der Waals surface area contributed by atoms with Crippen LogP contribution in [0.2, 0.25) is 5.02 Å². The second-order valence-electron chi connectivity index (χ2n) is 10.9. The predicted octanol–water partition coefficient (Wildman–Crippen LogP) is 7.67. The number of para-hydroxylation sites is 1. The van der Waals surface area contributed by atoms with Crippen molar-refractivity contribution in [3.8, 4) is 22.5 Å². The summed E-state index contributed by atoms with van der Waals surface area (Å²) in [4.78, 5) is 40.9. The minimum absolute atomic E-state index is 0.239. The molecule has 9 heteroatoms. The van der Waals surface area contributed by atoms with E-state index in [0.717, 1.165) is 46.3 Å². The van der Waals surface area contributed by atoms with Gasteiger partial charge in [0, 0.05) is 23.5 Å². The summed E-state index contributed by atoms with van der Waals surface area (Å²) >= 11 is 6.66. The molecule has 0 aliphatic carbocycles. The van der Waals surface area contributed by atoms with Crippen LogP contribution in [0.25, 0.3) is 33.4 Å². The second kappa shape index (κ2) is 11.4. The smallest absolute Gasteiger partial charge is 0.408 e. The van der Waals surface area contributed by atoms with Crippen LogP contribution in [0.15, 0.2) is 85.1 Å². The molecule has 8 nitrogen and oxygen atoms in total. The number of likely N-dealkylation sites (tertiary alicyclic amines) is 1. The third-order valence-corrected chi connectivity index (χ3v) is 8.37. The number of carbonyl (C=O) groups is 2. The van der Waals surface area contributed by atoms with Gasteiger partial charge in [-0.2, -0.15) is 0 Å². The Bertz CT molecular complexity index is 1730. The fraction of sp³-hybridized carbons (Fsp3) is 0.242.